The number of carbonyl (C=O) groups is 3. The van der Waals surface area contributed by atoms with Crippen LogP contribution in [0.15, 0.2) is 0 Å². The SMILES string of the molecule is CCOC(=O)C(CCC=O)NC(=O)C(N)CC(C)C. The van der Waals surface area contributed by atoms with E-state index in [1.54, 1.807) is 6.92 Å². The first-order chi connectivity index (χ1) is 8.92. The number of rotatable bonds is 9. The Labute approximate surface area is 114 Å². The van der Waals surface area contributed by atoms with Crippen molar-refractivity contribution in [2.45, 2.75) is 52.1 Å². The van der Waals surface area contributed by atoms with E-state index in [-0.39, 0.29) is 25.4 Å². The zero-order valence-corrected chi connectivity index (χ0v) is 11.8. The zero-order valence-electron chi connectivity index (χ0n) is 11.8. The lowest BCUT2D eigenvalue weighted by atomic mass is 10.0. The van der Waals surface area contributed by atoms with Crippen LogP contribution in [0.25, 0.3) is 0 Å². The monoisotopic (exact) mass is 272 g/mol. The molecule has 0 heterocycles. The molecule has 1 amide bonds. The molecule has 0 aliphatic heterocycles. The second kappa shape index (κ2) is 9.49. The van der Waals surface area contributed by atoms with E-state index in [0.29, 0.717) is 12.7 Å². The third-order valence-electron chi connectivity index (χ3n) is 2.52. The highest BCUT2D eigenvalue weighted by Gasteiger charge is 2.24. The molecule has 0 aromatic heterocycles. The van der Waals surface area contributed by atoms with Gasteiger partial charge in [0, 0.05) is 6.42 Å². The van der Waals surface area contributed by atoms with Crippen LogP contribution >= 0.6 is 0 Å². The molecular weight excluding hydrogens is 248 g/mol. The number of hydrogen-bond acceptors (Lipinski definition) is 5. The average Bonchev–Trinajstić information content (AvgIpc) is 2.33. The Morgan fingerprint density at radius 2 is 2.00 bits per heavy atom. The topological polar surface area (TPSA) is 98.5 Å². The number of carbonyl (C=O) groups excluding carboxylic acids is 3. The Kier molecular flexibility index (Phi) is 8.78. The fourth-order valence-corrected chi connectivity index (χ4v) is 1.62. The molecule has 3 N–H and O–H groups in total. The van der Waals surface area contributed by atoms with Crippen molar-refractivity contribution < 1.29 is 19.1 Å². The second-order valence-electron chi connectivity index (χ2n) is 4.79. The maximum Gasteiger partial charge on any atom is 0.328 e. The van der Waals surface area contributed by atoms with Gasteiger partial charge in [0.05, 0.1) is 12.6 Å². The number of esters is 1. The summed E-state index contributed by atoms with van der Waals surface area (Å²) in [6, 6.07) is -1.47. The van der Waals surface area contributed by atoms with Crippen LogP contribution in [0.2, 0.25) is 0 Å². The molecule has 0 saturated carbocycles. The highest BCUT2D eigenvalue weighted by Crippen LogP contribution is 2.05. The Balaban J connectivity index is 4.48. The highest BCUT2D eigenvalue weighted by atomic mass is 16.5. The van der Waals surface area contributed by atoms with Gasteiger partial charge in [0.1, 0.15) is 12.3 Å². The van der Waals surface area contributed by atoms with Crippen LogP contribution in [0.4, 0.5) is 0 Å². The van der Waals surface area contributed by atoms with Crippen molar-refractivity contribution in [2.75, 3.05) is 6.61 Å². The first-order valence-electron chi connectivity index (χ1n) is 6.58. The average molecular weight is 272 g/mol. The minimum Gasteiger partial charge on any atom is -0.464 e. The first-order valence-corrected chi connectivity index (χ1v) is 6.58. The zero-order chi connectivity index (χ0) is 14.8. The van der Waals surface area contributed by atoms with Gasteiger partial charge in [0.2, 0.25) is 5.91 Å². The van der Waals surface area contributed by atoms with Crippen LogP contribution in [0.3, 0.4) is 0 Å². The molecule has 19 heavy (non-hydrogen) atoms. The van der Waals surface area contributed by atoms with E-state index in [2.05, 4.69) is 5.32 Å². The van der Waals surface area contributed by atoms with E-state index in [4.69, 9.17) is 10.5 Å². The van der Waals surface area contributed by atoms with Crippen molar-refractivity contribution in [3.63, 3.8) is 0 Å². The number of ether oxygens (including phenoxy) is 1. The van der Waals surface area contributed by atoms with E-state index in [1.807, 2.05) is 13.8 Å². The molecular formula is C13H24N2O4. The summed E-state index contributed by atoms with van der Waals surface area (Å²) < 4.78 is 4.85. The van der Waals surface area contributed by atoms with Crippen molar-refractivity contribution in [2.24, 2.45) is 11.7 Å². The molecule has 0 aromatic carbocycles. The summed E-state index contributed by atoms with van der Waals surface area (Å²) in [6.07, 6.45) is 1.65. The van der Waals surface area contributed by atoms with Gasteiger partial charge in [-0.25, -0.2) is 4.79 Å². The molecule has 2 atom stereocenters. The molecule has 0 bridgehead atoms. The molecule has 0 radical (unpaired) electrons. The number of nitrogens with two attached hydrogens (primary N) is 1. The van der Waals surface area contributed by atoms with Crippen molar-refractivity contribution in [1.82, 2.24) is 5.32 Å². The van der Waals surface area contributed by atoms with Crippen molar-refractivity contribution >= 4 is 18.2 Å². The second-order valence-corrected chi connectivity index (χ2v) is 4.79. The number of amides is 1. The number of nitrogens with one attached hydrogen (secondary N) is 1. The predicted octanol–water partition coefficient (Wildman–Crippen LogP) is 0.387. The van der Waals surface area contributed by atoms with E-state index >= 15 is 0 Å². The normalized spacial score (nSPS) is 13.7. The van der Waals surface area contributed by atoms with Gasteiger partial charge >= 0.3 is 5.97 Å². The quantitative estimate of drug-likeness (QED) is 0.467. The highest BCUT2D eigenvalue weighted by molar-refractivity contribution is 5.87. The van der Waals surface area contributed by atoms with Crippen LogP contribution < -0.4 is 11.1 Å². The third-order valence-corrected chi connectivity index (χ3v) is 2.52. The summed E-state index contributed by atoms with van der Waals surface area (Å²) in [6.45, 7) is 5.83. The van der Waals surface area contributed by atoms with E-state index in [0.717, 1.165) is 0 Å². The number of aldehydes is 1. The standard InChI is InChI=1S/C13H24N2O4/c1-4-19-13(18)11(6-5-7-16)15-12(17)10(14)8-9(2)3/h7,9-11H,4-6,8,14H2,1-3H3,(H,15,17). The molecule has 0 aliphatic carbocycles. The summed E-state index contributed by atoms with van der Waals surface area (Å²) in [4.78, 5) is 33.8. The Morgan fingerprint density at radius 3 is 2.47 bits per heavy atom. The molecule has 110 valence electrons. The van der Waals surface area contributed by atoms with Crippen LogP contribution in [0, 0.1) is 5.92 Å². The fourth-order valence-electron chi connectivity index (χ4n) is 1.62. The van der Waals surface area contributed by atoms with Crippen LogP contribution in [-0.4, -0.2) is 36.9 Å². The van der Waals surface area contributed by atoms with Crippen LogP contribution in [-0.2, 0) is 19.1 Å². The van der Waals surface area contributed by atoms with Gasteiger partial charge in [-0.1, -0.05) is 13.8 Å². The molecule has 0 aliphatic rings. The van der Waals surface area contributed by atoms with Gasteiger partial charge < -0.3 is 20.6 Å². The van der Waals surface area contributed by atoms with Crippen molar-refractivity contribution in [3.8, 4) is 0 Å². The van der Waals surface area contributed by atoms with Crippen LogP contribution in [0.5, 0.6) is 0 Å². The molecule has 6 nitrogen and oxygen atoms in total. The first kappa shape index (κ1) is 17.6. The van der Waals surface area contributed by atoms with E-state index in [9.17, 15) is 14.4 Å². The van der Waals surface area contributed by atoms with Gasteiger partial charge in [-0.05, 0) is 25.7 Å². The molecule has 0 fully saturated rings. The van der Waals surface area contributed by atoms with E-state index in [1.165, 1.54) is 0 Å². The Hall–Kier alpha value is -1.43. The van der Waals surface area contributed by atoms with Gasteiger partial charge in [-0.3, -0.25) is 4.79 Å². The molecule has 0 saturated heterocycles. The minimum atomic E-state index is -0.809. The van der Waals surface area contributed by atoms with Gasteiger partial charge in [0.25, 0.3) is 0 Å². The summed E-state index contributed by atoms with van der Waals surface area (Å²) in [5.41, 5.74) is 5.74. The Morgan fingerprint density at radius 1 is 1.37 bits per heavy atom. The maximum absolute atomic E-state index is 11.8. The van der Waals surface area contributed by atoms with Gasteiger partial charge in [-0.2, -0.15) is 0 Å². The maximum atomic E-state index is 11.8. The van der Waals surface area contributed by atoms with Crippen molar-refractivity contribution in [1.29, 1.82) is 0 Å². The molecule has 2 unspecified atom stereocenters. The van der Waals surface area contributed by atoms with Crippen LogP contribution in [0.1, 0.15) is 40.0 Å². The molecule has 6 heteroatoms. The fraction of sp³-hybridized carbons (Fsp3) is 0.769. The predicted molar refractivity (Wildman–Crippen MR) is 71.3 cm³/mol. The minimum absolute atomic E-state index is 0.184. The summed E-state index contributed by atoms with van der Waals surface area (Å²) >= 11 is 0. The lowest BCUT2D eigenvalue weighted by Gasteiger charge is -2.19. The lowest BCUT2D eigenvalue weighted by molar-refractivity contribution is -0.147. The Bertz CT molecular complexity index is 305. The number of hydrogen-bond donors (Lipinski definition) is 2. The van der Waals surface area contributed by atoms with Gasteiger partial charge in [0.15, 0.2) is 0 Å². The third kappa shape index (κ3) is 7.56. The summed E-state index contributed by atoms with van der Waals surface area (Å²) in [7, 11) is 0. The van der Waals surface area contributed by atoms with Crippen molar-refractivity contribution in [3.05, 3.63) is 0 Å². The summed E-state index contributed by atoms with van der Waals surface area (Å²) in [5, 5.41) is 2.54. The smallest absolute Gasteiger partial charge is 0.328 e. The lowest BCUT2D eigenvalue weighted by Crippen LogP contribution is -2.49. The summed E-state index contributed by atoms with van der Waals surface area (Å²) in [5.74, 6) is -0.635. The molecule has 0 rings (SSSR count). The van der Waals surface area contributed by atoms with Gasteiger partial charge in [-0.15, -0.1) is 0 Å². The largest absolute Gasteiger partial charge is 0.464 e. The molecule has 0 aromatic rings. The van der Waals surface area contributed by atoms with E-state index < -0.39 is 24.0 Å². The molecule has 0 spiro atoms.